The molecular formula is C17H28N4O2S. The van der Waals surface area contributed by atoms with Gasteiger partial charge in [-0.05, 0) is 26.2 Å². The number of piperidine rings is 1. The predicted molar refractivity (Wildman–Crippen MR) is 97.5 cm³/mol. The Kier molecular flexibility index (Phi) is 7.49. The van der Waals surface area contributed by atoms with E-state index in [1.807, 2.05) is 6.92 Å². The number of aliphatic imine (C=N–C) groups is 1. The molecule has 0 aromatic carbocycles. The van der Waals surface area contributed by atoms with E-state index in [-0.39, 0.29) is 11.9 Å². The van der Waals surface area contributed by atoms with Gasteiger partial charge in [0.05, 0.1) is 23.2 Å². The van der Waals surface area contributed by atoms with Gasteiger partial charge in [0.2, 0.25) is 0 Å². The molecule has 0 radical (unpaired) electrons. The molecule has 0 bridgehead atoms. The number of hydrogen-bond acceptors (Lipinski definition) is 5. The third-order valence-electron chi connectivity index (χ3n) is 4.12. The van der Waals surface area contributed by atoms with Gasteiger partial charge in [-0.2, -0.15) is 0 Å². The molecular weight excluding hydrogens is 324 g/mol. The largest absolute Gasteiger partial charge is 0.466 e. The van der Waals surface area contributed by atoms with Gasteiger partial charge in [0.25, 0.3) is 0 Å². The molecule has 7 heteroatoms. The summed E-state index contributed by atoms with van der Waals surface area (Å²) < 4.78 is 5.16. The number of thiazole rings is 1. The number of ether oxygens (including phenoxy) is 1. The van der Waals surface area contributed by atoms with E-state index < -0.39 is 0 Å². The minimum absolute atomic E-state index is 0.0529. The maximum Gasteiger partial charge on any atom is 0.310 e. The van der Waals surface area contributed by atoms with Gasteiger partial charge < -0.3 is 15.0 Å². The number of esters is 1. The molecule has 0 saturated carbocycles. The maximum absolute atomic E-state index is 12.0. The van der Waals surface area contributed by atoms with Crippen LogP contribution in [0.1, 0.15) is 37.4 Å². The first kappa shape index (κ1) is 18.7. The quantitative estimate of drug-likeness (QED) is 0.482. The minimum Gasteiger partial charge on any atom is -0.466 e. The Balaban J connectivity index is 1.83. The summed E-state index contributed by atoms with van der Waals surface area (Å²) in [4.78, 5) is 23.1. The Morgan fingerprint density at radius 3 is 3.04 bits per heavy atom. The van der Waals surface area contributed by atoms with E-state index in [1.165, 1.54) is 5.01 Å². The molecule has 1 aromatic rings. The van der Waals surface area contributed by atoms with Crippen LogP contribution in [-0.2, 0) is 22.4 Å². The van der Waals surface area contributed by atoms with Crippen molar-refractivity contribution < 1.29 is 9.53 Å². The summed E-state index contributed by atoms with van der Waals surface area (Å²) in [6, 6.07) is 0. The second-order valence-corrected chi connectivity index (χ2v) is 6.79. The van der Waals surface area contributed by atoms with Crippen LogP contribution < -0.4 is 5.32 Å². The number of carbonyl (C=O) groups is 1. The summed E-state index contributed by atoms with van der Waals surface area (Å²) in [6.45, 7) is 6.80. The molecule has 0 spiro atoms. The van der Waals surface area contributed by atoms with Crippen LogP contribution in [0.3, 0.4) is 0 Å². The van der Waals surface area contributed by atoms with Gasteiger partial charge >= 0.3 is 5.97 Å². The van der Waals surface area contributed by atoms with Crippen molar-refractivity contribution in [2.75, 3.05) is 33.3 Å². The fraction of sp³-hybridized carbons (Fsp3) is 0.706. The molecule has 134 valence electrons. The van der Waals surface area contributed by atoms with E-state index in [1.54, 1.807) is 18.4 Å². The first-order chi connectivity index (χ1) is 11.7. The number of nitrogens with one attached hydrogen (secondary N) is 1. The highest BCUT2D eigenvalue weighted by Crippen LogP contribution is 2.18. The number of likely N-dealkylation sites (tertiary alicyclic amines) is 1. The van der Waals surface area contributed by atoms with Crippen LogP contribution in [0.2, 0.25) is 0 Å². The van der Waals surface area contributed by atoms with Crippen LogP contribution >= 0.6 is 11.3 Å². The van der Waals surface area contributed by atoms with Gasteiger partial charge in [0.1, 0.15) is 0 Å². The van der Waals surface area contributed by atoms with Crippen LogP contribution in [0.25, 0.3) is 0 Å². The molecule has 1 aliphatic heterocycles. The fourth-order valence-corrected chi connectivity index (χ4v) is 3.66. The zero-order valence-corrected chi connectivity index (χ0v) is 15.7. The Morgan fingerprint density at radius 2 is 2.38 bits per heavy atom. The molecule has 0 aliphatic carbocycles. The molecule has 1 N–H and O–H groups in total. The molecule has 1 atom stereocenters. The van der Waals surface area contributed by atoms with E-state index in [4.69, 9.17) is 4.74 Å². The lowest BCUT2D eigenvalue weighted by molar-refractivity contribution is -0.149. The normalized spacial score (nSPS) is 18.5. The van der Waals surface area contributed by atoms with E-state index in [9.17, 15) is 4.79 Å². The van der Waals surface area contributed by atoms with Gasteiger partial charge in [-0.25, -0.2) is 4.98 Å². The first-order valence-electron chi connectivity index (χ1n) is 8.73. The van der Waals surface area contributed by atoms with Crippen LogP contribution in [0.4, 0.5) is 0 Å². The lowest BCUT2D eigenvalue weighted by atomic mass is 9.98. The van der Waals surface area contributed by atoms with Crippen molar-refractivity contribution in [3.8, 4) is 0 Å². The number of carbonyl (C=O) groups excluding carboxylic acids is 1. The summed E-state index contributed by atoms with van der Waals surface area (Å²) in [6.07, 6.45) is 3.74. The number of nitrogens with zero attached hydrogens (tertiary/aromatic N) is 3. The zero-order valence-electron chi connectivity index (χ0n) is 14.9. The Hall–Kier alpha value is -1.63. The second-order valence-electron chi connectivity index (χ2n) is 5.85. The Bertz CT molecular complexity index is 559. The second kappa shape index (κ2) is 9.61. The number of rotatable bonds is 6. The molecule has 2 rings (SSSR count). The molecule has 1 unspecified atom stereocenters. The molecule has 1 saturated heterocycles. The minimum atomic E-state index is -0.0905. The average molecular weight is 353 g/mol. The Labute approximate surface area is 148 Å². The average Bonchev–Trinajstić information content (AvgIpc) is 3.07. The number of aromatic nitrogens is 1. The van der Waals surface area contributed by atoms with E-state index >= 15 is 0 Å². The molecule has 24 heavy (non-hydrogen) atoms. The summed E-state index contributed by atoms with van der Waals surface area (Å²) in [7, 11) is 1.79. The Morgan fingerprint density at radius 1 is 1.54 bits per heavy atom. The number of aryl methyl sites for hydroxylation is 1. The van der Waals surface area contributed by atoms with Crippen LogP contribution in [0.5, 0.6) is 0 Å². The van der Waals surface area contributed by atoms with Gasteiger partial charge in [-0.15, -0.1) is 11.3 Å². The van der Waals surface area contributed by atoms with Gasteiger partial charge in [-0.3, -0.25) is 9.79 Å². The smallest absolute Gasteiger partial charge is 0.310 e. The molecule has 1 aliphatic rings. The van der Waals surface area contributed by atoms with E-state index in [0.29, 0.717) is 13.2 Å². The summed E-state index contributed by atoms with van der Waals surface area (Å²) >= 11 is 1.72. The topological polar surface area (TPSA) is 66.8 Å². The predicted octanol–water partition coefficient (Wildman–Crippen LogP) is 2.10. The number of hydrogen-bond donors (Lipinski definition) is 1. The van der Waals surface area contributed by atoms with Gasteiger partial charge in [-0.1, -0.05) is 6.92 Å². The summed E-state index contributed by atoms with van der Waals surface area (Å²) in [5, 5.41) is 6.70. The highest BCUT2D eigenvalue weighted by Gasteiger charge is 2.28. The summed E-state index contributed by atoms with van der Waals surface area (Å²) in [5.41, 5.74) is 1.13. The first-order valence-corrected chi connectivity index (χ1v) is 9.61. The van der Waals surface area contributed by atoms with Crippen molar-refractivity contribution in [2.24, 2.45) is 10.9 Å². The van der Waals surface area contributed by atoms with Crippen LogP contribution in [0, 0.1) is 5.92 Å². The highest BCUT2D eigenvalue weighted by atomic mass is 32.1. The van der Waals surface area contributed by atoms with Gasteiger partial charge in [0.15, 0.2) is 5.96 Å². The maximum atomic E-state index is 12.0. The molecule has 2 heterocycles. The van der Waals surface area contributed by atoms with E-state index in [2.05, 4.69) is 32.5 Å². The fourth-order valence-electron chi connectivity index (χ4n) is 2.88. The van der Waals surface area contributed by atoms with Crippen molar-refractivity contribution in [2.45, 2.75) is 39.5 Å². The lowest BCUT2D eigenvalue weighted by Gasteiger charge is -2.33. The van der Waals surface area contributed by atoms with Crippen molar-refractivity contribution >= 4 is 23.3 Å². The summed E-state index contributed by atoms with van der Waals surface area (Å²) in [5.74, 6) is 0.713. The monoisotopic (exact) mass is 352 g/mol. The van der Waals surface area contributed by atoms with Crippen LogP contribution in [-0.4, -0.2) is 55.1 Å². The molecule has 6 nitrogen and oxygen atoms in total. The van der Waals surface area contributed by atoms with Gasteiger partial charge in [0, 0.05) is 38.5 Å². The van der Waals surface area contributed by atoms with E-state index in [0.717, 1.165) is 50.4 Å². The third-order valence-corrected chi connectivity index (χ3v) is 5.16. The SMILES string of the molecule is CCOC(=O)C1CCCN(C(=NC)NCCc2csc(CC)n2)C1. The van der Waals surface area contributed by atoms with Crippen molar-refractivity contribution in [1.82, 2.24) is 15.2 Å². The molecule has 1 fully saturated rings. The third kappa shape index (κ3) is 5.19. The number of guanidine groups is 1. The highest BCUT2D eigenvalue weighted by molar-refractivity contribution is 7.09. The van der Waals surface area contributed by atoms with Crippen molar-refractivity contribution in [3.05, 3.63) is 16.1 Å². The van der Waals surface area contributed by atoms with Crippen molar-refractivity contribution in [1.29, 1.82) is 0 Å². The standard InChI is InChI=1S/C17H28N4O2S/c1-4-15-20-14(12-24-15)8-9-19-17(18-3)21-10-6-7-13(11-21)16(22)23-5-2/h12-13H,4-11H2,1-3H3,(H,18,19). The van der Waals surface area contributed by atoms with Crippen LogP contribution in [0.15, 0.2) is 10.4 Å². The lowest BCUT2D eigenvalue weighted by Crippen LogP contribution is -2.48. The molecule has 0 amide bonds. The zero-order chi connectivity index (χ0) is 17.4. The van der Waals surface area contributed by atoms with Crippen molar-refractivity contribution in [3.63, 3.8) is 0 Å². The molecule has 1 aromatic heterocycles.